The van der Waals surface area contributed by atoms with E-state index < -0.39 is 21.9 Å². The Hall–Kier alpha value is -2.93. The molecule has 0 aliphatic carbocycles. The largest absolute Gasteiger partial charge is 0.465 e. The Balaban J connectivity index is 1.91. The van der Waals surface area contributed by atoms with Crippen molar-refractivity contribution in [2.24, 2.45) is 5.73 Å². The molecule has 0 radical (unpaired) electrons. The monoisotopic (exact) mass is 484 g/mol. The lowest BCUT2D eigenvalue weighted by Gasteiger charge is -2.12. The number of rotatable bonds is 7. The number of nitrogens with one attached hydrogen (secondary N) is 2. The minimum Gasteiger partial charge on any atom is -0.465 e. The van der Waals surface area contributed by atoms with E-state index in [1.807, 2.05) is 0 Å². The zero-order valence-corrected chi connectivity index (χ0v) is 18.7. The lowest BCUT2D eigenvalue weighted by molar-refractivity contribution is 0.0602. The number of nitrogens with zero attached hydrogens (tertiary/aromatic N) is 1. The number of methoxy groups -OCH3 is 1. The predicted molar refractivity (Wildman–Crippen MR) is 115 cm³/mol. The fraction of sp³-hybridized carbons (Fsp3) is 0.167. The highest BCUT2D eigenvalue weighted by Gasteiger charge is 2.27. The van der Waals surface area contributed by atoms with Gasteiger partial charge in [-0.2, -0.15) is 0 Å². The van der Waals surface area contributed by atoms with Crippen molar-refractivity contribution in [3.05, 3.63) is 56.4 Å². The molecular formula is C18H17ClN4O6S2. The molecule has 0 bridgehead atoms. The molecule has 13 heteroatoms. The number of esters is 1. The normalized spacial score (nSPS) is 11.2. The van der Waals surface area contributed by atoms with Crippen molar-refractivity contribution in [2.45, 2.75) is 18.4 Å². The Labute approximate surface area is 186 Å². The summed E-state index contributed by atoms with van der Waals surface area (Å²) in [5.74, 6) is -1.68. The number of hydrogen-bond acceptors (Lipinski definition) is 9. The Morgan fingerprint density at radius 1 is 1.32 bits per heavy atom. The van der Waals surface area contributed by atoms with Crippen molar-refractivity contribution in [3.8, 4) is 0 Å². The molecule has 0 saturated carbocycles. The zero-order valence-electron chi connectivity index (χ0n) is 16.3. The summed E-state index contributed by atoms with van der Waals surface area (Å²) in [4.78, 5) is 24.5. The van der Waals surface area contributed by atoms with Gasteiger partial charge >= 0.3 is 5.97 Å². The molecular weight excluding hydrogens is 468 g/mol. The molecule has 31 heavy (non-hydrogen) atoms. The molecule has 2 aromatic heterocycles. The number of carbonyl (C=O) groups is 2. The summed E-state index contributed by atoms with van der Waals surface area (Å²) < 4.78 is 37.4. The van der Waals surface area contributed by atoms with Gasteiger partial charge in [0.15, 0.2) is 0 Å². The number of aryl methyl sites for hydroxylation is 1. The van der Waals surface area contributed by atoms with Gasteiger partial charge in [0.2, 0.25) is 0 Å². The SMILES string of the molecule is COC(=O)c1cc(CN)ccc1NC(=O)c1sccc1S(=O)(=O)Nc1onc(C)c1Cl. The Morgan fingerprint density at radius 3 is 2.68 bits per heavy atom. The second kappa shape index (κ2) is 9.06. The van der Waals surface area contributed by atoms with Gasteiger partial charge in [0.25, 0.3) is 21.8 Å². The number of carbonyl (C=O) groups excluding carboxylic acids is 2. The van der Waals surface area contributed by atoms with Gasteiger partial charge in [0, 0.05) is 6.54 Å². The van der Waals surface area contributed by atoms with Crippen LogP contribution in [0.15, 0.2) is 39.1 Å². The Morgan fingerprint density at radius 2 is 2.06 bits per heavy atom. The number of sulfonamides is 1. The van der Waals surface area contributed by atoms with Crippen molar-refractivity contribution < 1.29 is 27.3 Å². The van der Waals surface area contributed by atoms with Gasteiger partial charge in [0.1, 0.15) is 20.5 Å². The number of amides is 1. The van der Waals surface area contributed by atoms with Crippen LogP contribution in [0.5, 0.6) is 0 Å². The molecule has 4 N–H and O–H groups in total. The molecule has 0 aliphatic rings. The van der Waals surface area contributed by atoms with Gasteiger partial charge in [-0.25, -0.2) is 17.9 Å². The summed E-state index contributed by atoms with van der Waals surface area (Å²) in [6.45, 7) is 1.73. The topological polar surface area (TPSA) is 154 Å². The molecule has 0 saturated heterocycles. The first-order valence-electron chi connectivity index (χ1n) is 8.62. The molecule has 0 fully saturated rings. The molecule has 10 nitrogen and oxygen atoms in total. The standard InChI is InChI=1S/C18H17ClN4O6S2/c1-9-14(19)17(29-22-9)23-31(26,27)13-5-6-30-15(13)16(24)21-12-4-3-10(8-20)7-11(12)18(25)28-2/h3-7,23H,8,20H2,1-2H3,(H,21,24). The molecule has 164 valence electrons. The summed E-state index contributed by atoms with van der Waals surface area (Å²) in [5.41, 5.74) is 6.79. The smallest absolute Gasteiger partial charge is 0.339 e. The molecule has 1 amide bonds. The molecule has 3 rings (SSSR count). The summed E-state index contributed by atoms with van der Waals surface area (Å²) in [6, 6.07) is 5.87. The van der Waals surface area contributed by atoms with E-state index in [-0.39, 0.29) is 38.5 Å². The van der Waals surface area contributed by atoms with Crippen molar-refractivity contribution in [3.63, 3.8) is 0 Å². The molecule has 1 aromatic carbocycles. The molecule has 2 heterocycles. The van der Waals surface area contributed by atoms with Gasteiger partial charge in [-0.05, 0) is 36.1 Å². The van der Waals surface area contributed by atoms with E-state index in [1.165, 1.54) is 30.7 Å². The third kappa shape index (κ3) is 4.71. The van der Waals surface area contributed by atoms with Crippen LogP contribution < -0.4 is 15.8 Å². The molecule has 0 aliphatic heterocycles. The first-order valence-corrected chi connectivity index (χ1v) is 11.4. The van der Waals surface area contributed by atoms with Crippen LogP contribution >= 0.6 is 22.9 Å². The maximum Gasteiger partial charge on any atom is 0.339 e. The van der Waals surface area contributed by atoms with Crippen molar-refractivity contribution in [2.75, 3.05) is 17.1 Å². The van der Waals surface area contributed by atoms with Crippen molar-refractivity contribution >= 4 is 56.4 Å². The second-order valence-corrected chi connectivity index (χ2v) is 9.11. The third-order valence-corrected chi connectivity index (χ3v) is 6.98. The van der Waals surface area contributed by atoms with Gasteiger partial charge in [0.05, 0.1) is 18.4 Å². The number of nitrogens with two attached hydrogens (primary N) is 1. The minimum atomic E-state index is -4.22. The highest BCUT2D eigenvalue weighted by atomic mass is 35.5. The van der Waals surface area contributed by atoms with Gasteiger partial charge in [-0.15, -0.1) is 11.3 Å². The van der Waals surface area contributed by atoms with Crippen LogP contribution in [-0.4, -0.2) is 32.6 Å². The van der Waals surface area contributed by atoms with E-state index in [0.717, 1.165) is 11.3 Å². The van der Waals surface area contributed by atoms with E-state index >= 15 is 0 Å². The number of benzene rings is 1. The van der Waals surface area contributed by atoms with Gasteiger partial charge in [-0.1, -0.05) is 22.8 Å². The minimum absolute atomic E-state index is 0.00696. The Kier molecular flexibility index (Phi) is 6.65. The summed E-state index contributed by atoms with van der Waals surface area (Å²) >= 11 is 6.86. The fourth-order valence-electron chi connectivity index (χ4n) is 2.56. The lowest BCUT2D eigenvalue weighted by Crippen LogP contribution is -2.19. The van der Waals surface area contributed by atoms with Crippen LogP contribution in [0, 0.1) is 6.92 Å². The number of aromatic nitrogens is 1. The summed E-state index contributed by atoms with van der Waals surface area (Å²) in [5, 5.41) is 7.57. The van der Waals surface area contributed by atoms with E-state index in [4.69, 9.17) is 26.6 Å². The van der Waals surface area contributed by atoms with E-state index in [9.17, 15) is 18.0 Å². The summed E-state index contributed by atoms with van der Waals surface area (Å²) in [6.07, 6.45) is 0. The van der Waals surface area contributed by atoms with E-state index in [1.54, 1.807) is 13.0 Å². The lowest BCUT2D eigenvalue weighted by atomic mass is 10.1. The third-order valence-electron chi connectivity index (χ3n) is 4.12. The second-order valence-electron chi connectivity index (χ2n) is 6.16. The van der Waals surface area contributed by atoms with E-state index in [0.29, 0.717) is 11.3 Å². The van der Waals surface area contributed by atoms with Gasteiger partial charge < -0.3 is 20.3 Å². The molecule has 0 unspecified atom stereocenters. The fourth-order valence-corrected chi connectivity index (χ4v) is 5.05. The maximum atomic E-state index is 12.9. The van der Waals surface area contributed by atoms with Crippen LogP contribution in [0.4, 0.5) is 11.6 Å². The number of thiophene rings is 1. The first kappa shape index (κ1) is 22.7. The van der Waals surface area contributed by atoms with Crippen LogP contribution in [0.25, 0.3) is 0 Å². The molecule has 0 spiro atoms. The average molecular weight is 485 g/mol. The van der Waals surface area contributed by atoms with Crippen LogP contribution in [0.3, 0.4) is 0 Å². The molecule has 0 atom stereocenters. The quantitative estimate of drug-likeness (QED) is 0.432. The highest BCUT2D eigenvalue weighted by molar-refractivity contribution is 7.93. The Bertz CT molecular complexity index is 1250. The average Bonchev–Trinajstić information content (AvgIpc) is 3.37. The first-order chi connectivity index (χ1) is 14.7. The molecule has 3 aromatic rings. The van der Waals surface area contributed by atoms with Crippen LogP contribution in [-0.2, 0) is 21.3 Å². The predicted octanol–water partition coefficient (Wildman–Crippen LogP) is 3.00. The van der Waals surface area contributed by atoms with Crippen molar-refractivity contribution in [1.82, 2.24) is 5.16 Å². The number of anilines is 2. The van der Waals surface area contributed by atoms with Gasteiger partial charge in [-0.3, -0.25) is 4.79 Å². The highest BCUT2D eigenvalue weighted by Crippen LogP contribution is 2.30. The zero-order chi connectivity index (χ0) is 22.8. The number of hydrogen-bond donors (Lipinski definition) is 3. The van der Waals surface area contributed by atoms with Crippen molar-refractivity contribution in [1.29, 1.82) is 0 Å². The maximum absolute atomic E-state index is 12.9. The van der Waals surface area contributed by atoms with E-state index in [2.05, 4.69) is 15.2 Å². The number of ether oxygens (including phenoxy) is 1. The number of halogens is 1. The van der Waals surface area contributed by atoms with Crippen LogP contribution in [0.2, 0.25) is 5.02 Å². The van der Waals surface area contributed by atoms with Crippen LogP contribution in [0.1, 0.15) is 31.3 Å². The summed E-state index contributed by atoms with van der Waals surface area (Å²) in [7, 11) is -3.01.